The number of hydrogen-bond acceptors (Lipinski definition) is 21. The second-order valence-electron chi connectivity index (χ2n) is 12.7. The van der Waals surface area contributed by atoms with Gasteiger partial charge >= 0.3 is 11.9 Å². The van der Waals surface area contributed by atoms with Crippen LogP contribution in [-0.4, -0.2) is 221 Å². The van der Waals surface area contributed by atoms with Gasteiger partial charge in [0.25, 0.3) is 0 Å². The van der Waals surface area contributed by atoms with Gasteiger partial charge < -0.3 is 105 Å². The topological polar surface area (TPSA) is 400 Å². The first-order valence-corrected chi connectivity index (χ1v) is 16.1. The van der Waals surface area contributed by atoms with Crippen molar-refractivity contribution in [2.24, 2.45) is 0 Å². The van der Waals surface area contributed by atoms with Gasteiger partial charge in [-0.1, -0.05) is 0 Å². The second-order valence-corrected chi connectivity index (χ2v) is 12.7. The van der Waals surface area contributed by atoms with Crippen LogP contribution in [0, 0.1) is 0 Å². The molecule has 1 unspecified atom stereocenters. The van der Waals surface area contributed by atoms with E-state index in [-0.39, 0.29) is 0 Å². The highest BCUT2D eigenvalue weighted by molar-refractivity contribution is 5.74. The van der Waals surface area contributed by atoms with Crippen LogP contribution in [0.15, 0.2) is 0 Å². The molecule has 0 radical (unpaired) electrons. The van der Waals surface area contributed by atoms with E-state index in [0.29, 0.717) is 0 Å². The van der Waals surface area contributed by atoms with Gasteiger partial charge in [0, 0.05) is 13.8 Å². The Morgan fingerprint density at radius 1 is 0.509 bits per heavy atom. The lowest BCUT2D eigenvalue weighted by atomic mass is 9.94. The lowest BCUT2D eigenvalue weighted by Crippen LogP contribution is -2.70. The maximum absolute atomic E-state index is 12.4. The molecule has 0 aliphatic carbocycles. The van der Waals surface area contributed by atoms with Crippen molar-refractivity contribution in [1.82, 2.24) is 10.6 Å². The highest BCUT2D eigenvalue weighted by Gasteiger charge is 2.57. The molecule has 304 valence electrons. The number of amides is 2. The van der Waals surface area contributed by atoms with Gasteiger partial charge in [-0.05, 0) is 0 Å². The van der Waals surface area contributed by atoms with Crippen LogP contribution in [0.1, 0.15) is 13.8 Å². The molecule has 0 saturated carbocycles. The lowest BCUT2D eigenvalue weighted by Gasteiger charge is -2.49. The van der Waals surface area contributed by atoms with Gasteiger partial charge in [0.1, 0.15) is 85.3 Å². The summed E-state index contributed by atoms with van der Waals surface area (Å²) in [6, 6.07) is -3.40. The highest BCUT2D eigenvalue weighted by Crippen LogP contribution is 2.34. The van der Waals surface area contributed by atoms with E-state index in [9.17, 15) is 80.5 Å². The maximum Gasteiger partial charge on any atom is 0.335 e. The zero-order chi connectivity index (χ0) is 39.6. The number of carbonyl (C=O) groups excluding carboxylic acids is 2. The standard InChI is InChI=1S/C28H44N2O23/c1-5(33)29-9-13(37)11(35)7(3-31)47-26(9)51-20-15(39)17(41)28(53-22(20)24(44)45)50-18-10(30-6(2)34)27(48-8(4-32)12(18)36)52-19-14(38)16(40)25(46)49-21(19)23(42)43/h7-22,25-28,31-32,35-41,46H,3-4H2,1-2H3,(H,29,33)(H,30,34)(H,42,43)(H,44,45)/t7-,8-,9-,10-,11-,12-,13-,14-,15-,16-,17-,18-,19+,20+,21+,22+,25?,26+,27+,28-/m1/s1. The number of aliphatic hydroxyl groups is 10. The van der Waals surface area contributed by atoms with Crippen molar-refractivity contribution in [2.75, 3.05) is 13.2 Å². The van der Waals surface area contributed by atoms with E-state index in [2.05, 4.69) is 10.6 Å². The van der Waals surface area contributed by atoms with Crippen LogP contribution in [0.3, 0.4) is 0 Å². The highest BCUT2D eigenvalue weighted by atomic mass is 16.8. The predicted octanol–water partition coefficient (Wildman–Crippen LogP) is -9.28. The quantitative estimate of drug-likeness (QED) is 0.0875. The Labute approximate surface area is 298 Å². The van der Waals surface area contributed by atoms with Gasteiger partial charge in [-0.2, -0.15) is 0 Å². The van der Waals surface area contributed by atoms with E-state index < -0.39 is 160 Å². The number of rotatable bonds is 12. The summed E-state index contributed by atoms with van der Waals surface area (Å²) in [4.78, 5) is 48.4. The number of aliphatic carboxylic acids is 2. The Kier molecular flexibility index (Phi) is 14.4. The molecular weight excluding hydrogens is 732 g/mol. The Balaban J connectivity index is 1.62. The van der Waals surface area contributed by atoms with Crippen LogP contribution in [0.25, 0.3) is 0 Å². The van der Waals surface area contributed by atoms with Gasteiger partial charge in [0.05, 0.1) is 13.2 Å². The number of aliphatic hydroxyl groups excluding tert-OH is 10. The molecule has 2 amide bonds. The van der Waals surface area contributed by atoms with Crippen LogP contribution in [0.4, 0.5) is 0 Å². The van der Waals surface area contributed by atoms with Crippen LogP contribution in [-0.2, 0) is 52.3 Å². The van der Waals surface area contributed by atoms with E-state index in [4.69, 9.17) is 33.2 Å². The SMILES string of the molecule is CC(=O)N[C@H]1[C@H](O[C@H]2[C@H](O)[C@@H](O)[C@H](O[C@H]3[C@H](O)[C@@H](CO)O[C@@H](O[C@H]4[C@H](O)[C@@H](O)C(O)O[C@@H]4C(=O)O)[C@@H]3NC(C)=O)O[C@@H]2C(=O)O)O[C@H](CO)[C@@H](O)[C@@H]1O. The molecule has 0 bridgehead atoms. The van der Waals surface area contributed by atoms with Crippen molar-refractivity contribution in [1.29, 1.82) is 0 Å². The summed E-state index contributed by atoms with van der Waals surface area (Å²) in [6.45, 7) is 0.0912. The fourth-order valence-electron chi connectivity index (χ4n) is 6.29. The van der Waals surface area contributed by atoms with Gasteiger partial charge in [0.15, 0.2) is 37.4 Å². The van der Waals surface area contributed by atoms with Crippen LogP contribution in [0.5, 0.6) is 0 Å². The van der Waals surface area contributed by atoms with Gasteiger partial charge in [-0.15, -0.1) is 0 Å². The second kappa shape index (κ2) is 17.8. The molecule has 0 spiro atoms. The number of nitrogens with one attached hydrogen (secondary N) is 2. The van der Waals surface area contributed by atoms with Crippen molar-refractivity contribution >= 4 is 23.8 Å². The van der Waals surface area contributed by atoms with E-state index in [1.165, 1.54) is 0 Å². The maximum atomic E-state index is 12.4. The van der Waals surface area contributed by atoms with Gasteiger partial charge in [-0.25, -0.2) is 9.59 Å². The number of ether oxygens (including phenoxy) is 7. The third-order valence-electron chi connectivity index (χ3n) is 8.94. The zero-order valence-corrected chi connectivity index (χ0v) is 27.8. The summed E-state index contributed by atoms with van der Waals surface area (Å²) < 4.78 is 38.1. The molecule has 4 saturated heterocycles. The molecular formula is C28H44N2O23. The normalized spacial score (nSPS) is 46.3. The number of carbonyl (C=O) groups is 4. The molecule has 20 atom stereocenters. The third-order valence-corrected chi connectivity index (χ3v) is 8.94. The van der Waals surface area contributed by atoms with Crippen molar-refractivity contribution in [2.45, 2.75) is 137 Å². The Morgan fingerprint density at radius 3 is 1.43 bits per heavy atom. The van der Waals surface area contributed by atoms with E-state index in [1.54, 1.807) is 0 Å². The fourth-order valence-corrected chi connectivity index (χ4v) is 6.29. The number of carboxylic acids is 2. The van der Waals surface area contributed by atoms with Crippen molar-refractivity contribution in [3.05, 3.63) is 0 Å². The Bertz CT molecular complexity index is 1300. The molecule has 4 aliphatic rings. The zero-order valence-electron chi connectivity index (χ0n) is 27.8. The average molecular weight is 777 g/mol. The molecule has 0 aromatic heterocycles. The van der Waals surface area contributed by atoms with Gasteiger partial charge in [0.2, 0.25) is 11.8 Å². The molecule has 25 nitrogen and oxygen atoms in total. The molecule has 0 aromatic carbocycles. The Morgan fingerprint density at radius 2 is 0.943 bits per heavy atom. The Hall–Kier alpha value is -2.80. The molecule has 4 aliphatic heterocycles. The van der Waals surface area contributed by atoms with Crippen LogP contribution >= 0.6 is 0 Å². The average Bonchev–Trinajstić information content (AvgIpc) is 3.09. The first-order chi connectivity index (χ1) is 24.8. The molecule has 14 N–H and O–H groups in total. The minimum Gasteiger partial charge on any atom is -0.479 e. The predicted molar refractivity (Wildman–Crippen MR) is 158 cm³/mol. The van der Waals surface area contributed by atoms with Crippen molar-refractivity contribution in [3.63, 3.8) is 0 Å². The van der Waals surface area contributed by atoms with Gasteiger partial charge in [-0.3, -0.25) is 9.59 Å². The summed E-state index contributed by atoms with van der Waals surface area (Å²) >= 11 is 0. The lowest BCUT2D eigenvalue weighted by molar-refractivity contribution is -0.368. The number of carboxylic acid groups (broad SMARTS) is 2. The van der Waals surface area contributed by atoms with E-state index >= 15 is 0 Å². The summed E-state index contributed by atoms with van der Waals surface area (Å²) in [7, 11) is 0. The minimum atomic E-state index is -2.29. The fraction of sp³-hybridized carbons (Fsp3) is 0.857. The van der Waals surface area contributed by atoms with Crippen LogP contribution < -0.4 is 10.6 Å². The molecule has 53 heavy (non-hydrogen) atoms. The van der Waals surface area contributed by atoms with E-state index in [1.807, 2.05) is 0 Å². The first kappa shape index (κ1) is 42.9. The largest absolute Gasteiger partial charge is 0.479 e. The monoisotopic (exact) mass is 776 g/mol. The van der Waals surface area contributed by atoms with Crippen LogP contribution in [0.2, 0.25) is 0 Å². The molecule has 4 rings (SSSR count). The molecule has 0 aromatic rings. The van der Waals surface area contributed by atoms with Crippen molar-refractivity contribution < 1.29 is 114 Å². The smallest absolute Gasteiger partial charge is 0.335 e. The first-order valence-electron chi connectivity index (χ1n) is 16.1. The molecule has 25 heteroatoms. The minimum absolute atomic E-state index is 0.769. The summed E-state index contributed by atoms with van der Waals surface area (Å²) in [5.41, 5.74) is 0. The van der Waals surface area contributed by atoms with Crippen molar-refractivity contribution in [3.8, 4) is 0 Å². The van der Waals surface area contributed by atoms with E-state index in [0.717, 1.165) is 13.8 Å². The summed E-state index contributed by atoms with van der Waals surface area (Å²) in [5.74, 6) is -5.29. The summed E-state index contributed by atoms with van der Waals surface area (Å²) in [6.07, 6.45) is -36.5. The summed E-state index contributed by atoms with van der Waals surface area (Å²) in [5, 5.41) is 128. The number of hydrogen-bond donors (Lipinski definition) is 14. The molecule has 4 heterocycles. The third kappa shape index (κ3) is 9.19. The molecule has 4 fully saturated rings.